The summed E-state index contributed by atoms with van der Waals surface area (Å²) < 4.78 is 6.51. The summed E-state index contributed by atoms with van der Waals surface area (Å²) in [6.07, 6.45) is 5.41. The lowest BCUT2D eigenvalue weighted by Gasteiger charge is -2.35. The van der Waals surface area contributed by atoms with Gasteiger partial charge < -0.3 is 14.9 Å². The van der Waals surface area contributed by atoms with Crippen molar-refractivity contribution < 1.29 is 19.2 Å². The molecule has 2 aliphatic carbocycles. The third-order valence-electron chi connectivity index (χ3n) is 6.82. The summed E-state index contributed by atoms with van der Waals surface area (Å²) in [6, 6.07) is 5.34. The molecule has 0 aliphatic heterocycles. The van der Waals surface area contributed by atoms with Gasteiger partial charge in [0.05, 0.1) is 12.1 Å². The molecule has 2 atom stereocenters. The molecule has 2 fully saturated rings. The largest absolute Gasteiger partial charge is 0.481 e. The summed E-state index contributed by atoms with van der Waals surface area (Å²) in [5, 5.41) is 17.4. The van der Waals surface area contributed by atoms with E-state index in [2.05, 4.69) is 40.0 Å². The Balaban J connectivity index is 1.52. The van der Waals surface area contributed by atoms with Gasteiger partial charge in [0, 0.05) is 38.5 Å². The zero-order chi connectivity index (χ0) is 23.7. The Hall–Kier alpha value is -1.61. The Morgan fingerprint density at radius 3 is 2.64 bits per heavy atom. The third-order valence-corrected chi connectivity index (χ3v) is 7.73. The molecule has 2 aliphatic rings. The number of rotatable bonds is 10. The number of carbonyl (C=O) groups is 2. The fourth-order valence-electron chi connectivity index (χ4n) is 4.94. The number of carboxylic acids is 1. The highest BCUT2D eigenvalue weighted by molar-refractivity contribution is 14.1. The molecule has 178 valence electrons. The Labute approximate surface area is 213 Å². The zero-order valence-electron chi connectivity index (χ0n) is 18.9. The number of aliphatic carboxylic acids is 1. The maximum absolute atomic E-state index is 12.9. The van der Waals surface area contributed by atoms with Gasteiger partial charge in [0.25, 0.3) is 0 Å². The molecule has 2 saturated carbocycles. The number of alkyl halides is 1. The maximum atomic E-state index is 12.9. The van der Waals surface area contributed by atoms with Crippen molar-refractivity contribution >= 4 is 51.8 Å². The van der Waals surface area contributed by atoms with Crippen molar-refractivity contribution in [3.63, 3.8) is 0 Å². The number of carboxylic acid groups (broad SMARTS) is 1. The minimum Gasteiger partial charge on any atom is -0.481 e. The Morgan fingerprint density at radius 2 is 2.00 bits per heavy atom. The number of nitrogens with one attached hydrogen (secondary N) is 1. The topological polar surface area (TPSA) is 92.4 Å². The van der Waals surface area contributed by atoms with Crippen LogP contribution >= 0.6 is 34.2 Å². The number of hydrogen-bond donors (Lipinski definition) is 2. The maximum Gasteiger partial charge on any atom is 0.304 e. The molecule has 8 heteroatoms. The van der Waals surface area contributed by atoms with Gasteiger partial charge in [0.1, 0.15) is 5.76 Å². The molecule has 0 spiro atoms. The van der Waals surface area contributed by atoms with E-state index in [1.54, 1.807) is 18.2 Å². The van der Waals surface area contributed by atoms with Crippen LogP contribution in [0.4, 0.5) is 5.69 Å². The standard InChI is InChI=1S/C25H30ClIN2O4/c1-13(27)8-15-9-18(10-15)25-23(16-6-7-16)24(29-33-25)17(12-22(31)32)11-21(30)28-20-5-3-4-19(26)14(20)2/h3-5,13,15-18H,6-12H2,1-2H3,(H,28,30)(H,31,32). The molecule has 33 heavy (non-hydrogen) atoms. The van der Waals surface area contributed by atoms with Crippen LogP contribution in [0.5, 0.6) is 0 Å². The van der Waals surface area contributed by atoms with Gasteiger partial charge in [-0.05, 0) is 68.6 Å². The van der Waals surface area contributed by atoms with Gasteiger partial charge >= 0.3 is 5.97 Å². The fraction of sp³-hybridized carbons (Fsp3) is 0.560. The van der Waals surface area contributed by atoms with Gasteiger partial charge in [-0.25, -0.2) is 0 Å². The van der Waals surface area contributed by atoms with E-state index in [1.165, 1.54) is 6.42 Å². The lowest BCUT2D eigenvalue weighted by Crippen LogP contribution is -2.24. The van der Waals surface area contributed by atoms with E-state index in [9.17, 15) is 14.7 Å². The number of halogens is 2. The summed E-state index contributed by atoms with van der Waals surface area (Å²) in [5.74, 6) is 0.653. The molecule has 1 aromatic heterocycles. The SMILES string of the molecule is Cc1c(Cl)cccc1NC(=O)CC(CC(=O)O)c1noc(C2CC(CC(C)I)C2)c1C1CC1. The van der Waals surface area contributed by atoms with Crippen molar-refractivity contribution in [3.05, 3.63) is 45.8 Å². The van der Waals surface area contributed by atoms with Gasteiger partial charge in [-0.2, -0.15) is 0 Å². The minimum atomic E-state index is -0.947. The molecule has 0 radical (unpaired) electrons. The van der Waals surface area contributed by atoms with E-state index in [-0.39, 0.29) is 18.7 Å². The van der Waals surface area contributed by atoms with Crippen LogP contribution in [0.1, 0.15) is 92.2 Å². The Morgan fingerprint density at radius 1 is 1.27 bits per heavy atom. The zero-order valence-corrected chi connectivity index (χ0v) is 21.9. The second-order valence-electron chi connectivity index (χ2n) is 9.63. The van der Waals surface area contributed by atoms with Crippen molar-refractivity contribution in [2.75, 3.05) is 5.32 Å². The Kier molecular flexibility index (Phi) is 7.68. The van der Waals surface area contributed by atoms with Crippen molar-refractivity contribution in [1.82, 2.24) is 5.16 Å². The third kappa shape index (κ3) is 5.91. The highest BCUT2D eigenvalue weighted by Crippen LogP contribution is 2.52. The first kappa shape index (κ1) is 24.5. The number of amides is 1. The number of hydrogen-bond acceptors (Lipinski definition) is 4. The van der Waals surface area contributed by atoms with E-state index < -0.39 is 11.9 Å². The normalized spacial score (nSPS) is 21.8. The van der Waals surface area contributed by atoms with E-state index in [4.69, 9.17) is 16.1 Å². The molecule has 2 unspecified atom stereocenters. The smallest absolute Gasteiger partial charge is 0.304 e. The predicted molar refractivity (Wildman–Crippen MR) is 136 cm³/mol. The summed E-state index contributed by atoms with van der Waals surface area (Å²) in [4.78, 5) is 24.5. The summed E-state index contributed by atoms with van der Waals surface area (Å²) >= 11 is 8.64. The number of carbonyl (C=O) groups excluding carboxylic acids is 1. The number of nitrogens with zero attached hydrogens (tertiary/aromatic N) is 1. The molecule has 0 bridgehead atoms. The highest BCUT2D eigenvalue weighted by Gasteiger charge is 2.42. The van der Waals surface area contributed by atoms with Crippen molar-refractivity contribution in [1.29, 1.82) is 0 Å². The molecule has 1 aromatic carbocycles. The Bertz CT molecular complexity index is 1030. The van der Waals surface area contributed by atoms with Crippen LogP contribution in [0.2, 0.25) is 5.02 Å². The number of benzene rings is 1. The van der Waals surface area contributed by atoms with Crippen LogP contribution in [0.15, 0.2) is 22.7 Å². The summed E-state index contributed by atoms with van der Waals surface area (Å²) in [7, 11) is 0. The summed E-state index contributed by atoms with van der Waals surface area (Å²) in [5.41, 5.74) is 3.16. The molecule has 0 saturated heterocycles. The number of anilines is 1. The molecule has 4 rings (SSSR count). The van der Waals surface area contributed by atoms with Gasteiger partial charge in [-0.3, -0.25) is 9.59 Å². The molecule has 1 heterocycles. The van der Waals surface area contributed by atoms with Crippen LogP contribution in [0.3, 0.4) is 0 Å². The van der Waals surface area contributed by atoms with Crippen LogP contribution in [0.25, 0.3) is 0 Å². The van der Waals surface area contributed by atoms with Crippen LogP contribution in [-0.2, 0) is 9.59 Å². The van der Waals surface area contributed by atoms with Gasteiger partial charge in [0.2, 0.25) is 5.91 Å². The van der Waals surface area contributed by atoms with E-state index in [0.717, 1.165) is 42.6 Å². The van der Waals surface area contributed by atoms with Crippen LogP contribution < -0.4 is 5.32 Å². The molecular weight excluding hydrogens is 555 g/mol. The first-order valence-electron chi connectivity index (χ1n) is 11.6. The van der Waals surface area contributed by atoms with Gasteiger partial charge in [-0.15, -0.1) is 0 Å². The van der Waals surface area contributed by atoms with Crippen LogP contribution in [-0.4, -0.2) is 26.1 Å². The van der Waals surface area contributed by atoms with Gasteiger partial charge in [-0.1, -0.05) is 52.3 Å². The molecule has 2 N–H and O–H groups in total. The minimum absolute atomic E-state index is 0.0313. The van der Waals surface area contributed by atoms with E-state index in [1.807, 2.05) is 6.92 Å². The second-order valence-corrected chi connectivity index (χ2v) is 12.2. The quantitative estimate of drug-likeness (QED) is 0.236. The second kappa shape index (κ2) is 10.3. The highest BCUT2D eigenvalue weighted by atomic mass is 127. The molecular formula is C25H30ClIN2O4. The lowest BCUT2D eigenvalue weighted by molar-refractivity contribution is -0.137. The average molecular weight is 585 g/mol. The fourth-order valence-corrected chi connectivity index (χ4v) is 5.83. The number of aromatic nitrogens is 1. The van der Waals surface area contributed by atoms with Crippen molar-refractivity contribution in [2.24, 2.45) is 5.92 Å². The van der Waals surface area contributed by atoms with E-state index in [0.29, 0.717) is 38.1 Å². The summed E-state index contributed by atoms with van der Waals surface area (Å²) in [6.45, 7) is 4.08. The first-order chi connectivity index (χ1) is 15.7. The van der Waals surface area contributed by atoms with Gasteiger partial charge in [0.15, 0.2) is 0 Å². The molecule has 1 amide bonds. The van der Waals surface area contributed by atoms with Crippen LogP contribution in [0, 0.1) is 12.8 Å². The average Bonchev–Trinajstić information content (AvgIpc) is 3.45. The lowest BCUT2D eigenvalue weighted by atomic mass is 9.70. The molecule has 6 nitrogen and oxygen atoms in total. The van der Waals surface area contributed by atoms with E-state index >= 15 is 0 Å². The monoisotopic (exact) mass is 584 g/mol. The predicted octanol–water partition coefficient (Wildman–Crippen LogP) is 6.81. The van der Waals surface area contributed by atoms with Crippen molar-refractivity contribution in [2.45, 2.75) is 80.5 Å². The molecule has 2 aromatic rings. The van der Waals surface area contributed by atoms with Crippen molar-refractivity contribution in [3.8, 4) is 0 Å². The first-order valence-corrected chi connectivity index (χ1v) is 13.2.